The van der Waals surface area contributed by atoms with Crippen molar-refractivity contribution in [3.05, 3.63) is 66.6 Å². The molecule has 0 spiro atoms. The van der Waals surface area contributed by atoms with Gasteiger partial charge < -0.3 is 15.0 Å². The molecule has 6 heteroatoms. The van der Waals surface area contributed by atoms with E-state index < -0.39 is 0 Å². The van der Waals surface area contributed by atoms with Crippen LogP contribution in [0.3, 0.4) is 0 Å². The van der Waals surface area contributed by atoms with Crippen molar-refractivity contribution >= 4 is 17.0 Å². The molecule has 0 unspecified atom stereocenters. The number of ether oxygens (including phenoxy) is 1. The zero-order chi connectivity index (χ0) is 17.8. The predicted octanol–water partition coefficient (Wildman–Crippen LogP) is 3.68. The first-order valence-electron chi connectivity index (χ1n) is 8.46. The van der Waals surface area contributed by atoms with Crippen molar-refractivity contribution < 1.29 is 4.74 Å². The number of anilines is 1. The number of rotatable bonds is 6. The number of aromatic amines is 1. The molecular weight excluding hydrogens is 326 g/mol. The van der Waals surface area contributed by atoms with Gasteiger partial charge in [0.05, 0.1) is 12.8 Å². The molecule has 0 saturated heterocycles. The Labute approximate surface area is 151 Å². The fourth-order valence-corrected chi connectivity index (χ4v) is 2.87. The third-order valence-electron chi connectivity index (χ3n) is 4.24. The zero-order valence-corrected chi connectivity index (χ0v) is 14.4. The molecule has 26 heavy (non-hydrogen) atoms. The molecule has 1 aromatic carbocycles. The summed E-state index contributed by atoms with van der Waals surface area (Å²) in [5.74, 6) is 1.49. The highest BCUT2D eigenvalue weighted by molar-refractivity contribution is 5.92. The lowest BCUT2D eigenvalue weighted by atomic mass is 10.1. The van der Waals surface area contributed by atoms with Crippen LogP contribution in [0.25, 0.3) is 22.3 Å². The molecule has 130 valence electrons. The van der Waals surface area contributed by atoms with Crippen molar-refractivity contribution in [1.82, 2.24) is 19.9 Å². The van der Waals surface area contributed by atoms with Gasteiger partial charge in [0.15, 0.2) is 0 Å². The summed E-state index contributed by atoms with van der Waals surface area (Å²) in [4.78, 5) is 16.5. The van der Waals surface area contributed by atoms with Gasteiger partial charge in [0.2, 0.25) is 5.95 Å². The number of hydrogen-bond donors (Lipinski definition) is 2. The van der Waals surface area contributed by atoms with Gasteiger partial charge in [-0.05, 0) is 42.3 Å². The Hall–Kier alpha value is -3.41. The lowest BCUT2D eigenvalue weighted by Gasteiger charge is -2.07. The maximum Gasteiger partial charge on any atom is 0.223 e. The molecule has 0 aliphatic rings. The van der Waals surface area contributed by atoms with Crippen LogP contribution in [0.4, 0.5) is 5.95 Å². The highest BCUT2D eigenvalue weighted by Crippen LogP contribution is 2.26. The SMILES string of the molecule is COc1ccc(CCNc2nccc(-c3c[nH]c4ncccc34)n2)cc1. The molecular formula is C20H19N5O. The van der Waals surface area contributed by atoms with Crippen LogP contribution in [-0.4, -0.2) is 33.6 Å². The highest BCUT2D eigenvalue weighted by atomic mass is 16.5. The summed E-state index contributed by atoms with van der Waals surface area (Å²) < 4.78 is 5.18. The van der Waals surface area contributed by atoms with Crippen LogP contribution in [-0.2, 0) is 6.42 Å². The highest BCUT2D eigenvalue weighted by Gasteiger charge is 2.08. The predicted molar refractivity (Wildman–Crippen MR) is 102 cm³/mol. The number of pyridine rings is 1. The van der Waals surface area contributed by atoms with Gasteiger partial charge in [-0.25, -0.2) is 15.0 Å². The number of nitrogens with one attached hydrogen (secondary N) is 2. The Morgan fingerprint density at radius 2 is 1.92 bits per heavy atom. The lowest BCUT2D eigenvalue weighted by molar-refractivity contribution is 0.414. The summed E-state index contributed by atoms with van der Waals surface area (Å²) in [5.41, 5.74) is 3.98. The molecule has 0 amide bonds. The topological polar surface area (TPSA) is 75.7 Å². The number of aromatic nitrogens is 4. The maximum atomic E-state index is 5.18. The summed E-state index contributed by atoms with van der Waals surface area (Å²) in [6.07, 6.45) is 6.36. The second-order valence-corrected chi connectivity index (χ2v) is 5.89. The average molecular weight is 345 g/mol. The molecule has 4 rings (SSSR count). The van der Waals surface area contributed by atoms with Crippen molar-refractivity contribution in [3.8, 4) is 17.0 Å². The van der Waals surface area contributed by atoms with E-state index in [-0.39, 0.29) is 0 Å². The van der Waals surface area contributed by atoms with Gasteiger partial charge in [-0.15, -0.1) is 0 Å². The number of methoxy groups -OCH3 is 1. The second kappa shape index (κ2) is 7.23. The van der Waals surface area contributed by atoms with Crippen LogP contribution in [0, 0.1) is 0 Å². The van der Waals surface area contributed by atoms with E-state index in [0.29, 0.717) is 5.95 Å². The van der Waals surface area contributed by atoms with Crippen molar-refractivity contribution in [2.24, 2.45) is 0 Å². The second-order valence-electron chi connectivity index (χ2n) is 5.89. The van der Waals surface area contributed by atoms with Gasteiger partial charge in [-0.2, -0.15) is 0 Å². The number of hydrogen-bond acceptors (Lipinski definition) is 5. The third kappa shape index (κ3) is 3.35. The first kappa shape index (κ1) is 16.1. The van der Waals surface area contributed by atoms with Gasteiger partial charge in [0, 0.05) is 36.1 Å². The minimum Gasteiger partial charge on any atom is -0.497 e. The van der Waals surface area contributed by atoms with Crippen molar-refractivity contribution in [3.63, 3.8) is 0 Å². The van der Waals surface area contributed by atoms with Crippen molar-refractivity contribution in [2.45, 2.75) is 6.42 Å². The zero-order valence-electron chi connectivity index (χ0n) is 14.4. The smallest absolute Gasteiger partial charge is 0.223 e. The molecule has 3 aromatic heterocycles. The normalized spacial score (nSPS) is 10.8. The largest absolute Gasteiger partial charge is 0.497 e. The molecule has 0 bridgehead atoms. The Kier molecular flexibility index (Phi) is 4.47. The standard InChI is InChI=1S/C20H19N5O/c1-26-15-6-4-14(5-7-15)8-11-22-20-23-12-9-18(25-20)17-13-24-19-16(17)3-2-10-21-19/h2-7,9-10,12-13H,8,11H2,1H3,(H,21,24)(H,22,23,25). The molecule has 0 aliphatic heterocycles. The first-order chi connectivity index (χ1) is 12.8. The van der Waals surface area contributed by atoms with E-state index in [0.717, 1.165) is 41.0 Å². The van der Waals surface area contributed by atoms with Crippen LogP contribution in [0.1, 0.15) is 5.56 Å². The molecule has 6 nitrogen and oxygen atoms in total. The number of benzene rings is 1. The Morgan fingerprint density at radius 3 is 2.77 bits per heavy atom. The molecule has 0 radical (unpaired) electrons. The fourth-order valence-electron chi connectivity index (χ4n) is 2.87. The Morgan fingerprint density at radius 1 is 1.04 bits per heavy atom. The Balaban J connectivity index is 1.45. The lowest BCUT2D eigenvalue weighted by Crippen LogP contribution is -2.08. The van der Waals surface area contributed by atoms with E-state index in [2.05, 4.69) is 37.4 Å². The van der Waals surface area contributed by atoms with Crippen LogP contribution >= 0.6 is 0 Å². The van der Waals surface area contributed by atoms with E-state index in [1.54, 1.807) is 19.5 Å². The average Bonchev–Trinajstić information content (AvgIpc) is 3.13. The summed E-state index contributed by atoms with van der Waals surface area (Å²) >= 11 is 0. The van der Waals surface area contributed by atoms with Gasteiger partial charge in [0.25, 0.3) is 0 Å². The van der Waals surface area contributed by atoms with Crippen molar-refractivity contribution in [1.29, 1.82) is 0 Å². The quantitative estimate of drug-likeness (QED) is 0.557. The Bertz CT molecular complexity index is 1010. The van der Waals surface area contributed by atoms with Crippen LogP contribution in [0.5, 0.6) is 5.75 Å². The van der Waals surface area contributed by atoms with Gasteiger partial charge in [0.1, 0.15) is 11.4 Å². The van der Waals surface area contributed by atoms with Gasteiger partial charge in [-0.3, -0.25) is 0 Å². The van der Waals surface area contributed by atoms with E-state index in [4.69, 9.17) is 4.74 Å². The summed E-state index contributed by atoms with van der Waals surface area (Å²) in [6, 6.07) is 13.9. The first-order valence-corrected chi connectivity index (χ1v) is 8.46. The number of H-pyrrole nitrogens is 1. The minimum absolute atomic E-state index is 0.620. The summed E-state index contributed by atoms with van der Waals surface area (Å²) in [6.45, 7) is 0.755. The fraction of sp³-hybridized carbons (Fsp3) is 0.150. The van der Waals surface area contributed by atoms with E-state index in [9.17, 15) is 0 Å². The summed E-state index contributed by atoms with van der Waals surface area (Å²) in [7, 11) is 1.67. The van der Waals surface area contributed by atoms with Crippen LogP contribution in [0.15, 0.2) is 61.1 Å². The minimum atomic E-state index is 0.620. The number of nitrogens with zero attached hydrogens (tertiary/aromatic N) is 3. The van der Waals surface area contributed by atoms with E-state index in [1.807, 2.05) is 36.5 Å². The molecule has 0 atom stereocenters. The van der Waals surface area contributed by atoms with Gasteiger partial charge >= 0.3 is 0 Å². The van der Waals surface area contributed by atoms with Crippen LogP contribution < -0.4 is 10.1 Å². The molecule has 0 aliphatic carbocycles. The maximum absolute atomic E-state index is 5.18. The van der Waals surface area contributed by atoms with Gasteiger partial charge in [-0.1, -0.05) is 12.1 Å². The monoisotopic (exact) mass is 345 g/mol. The van der Waals surface area contributed by atoms with Crippen molar-refractivity contribution in [2.75, 3.05) is 19.0 Å². The van der Waals surface area contributed by atoms with E-state index >= 15 is 0 Å². The molecule has 4 aromatic rings. The molecule has 2 N–H and O–H groups in total. The molecule has 0 fully saturated rings. The number of fused-ring (bicyclic) bond motifs is 1. The van der Waals surface area contributed by atoms with Crippen LogP contribution in [0.2, 0.25) is 0 Å². The molecule has 0 saturated carbocycles. The summed E-state index contributed by atoms with van der Waals surface area (Å²) in [5, 5.41) is 4.34. The van der Waals surface area contributed by atoms with E-state index in [1.165, 1.54) is 5.56 Å². The molecule has 3 heterocycles. The third-order valence-corrected chi connectivity index (χ3v) is 4.24.